The largest absolute Gasteiger partial charge is 0.492 e. The quantitative estimate of drug-likeness (QED) is 0.244. The van der Waals surface area contributed by atoms with E-state index in [4.69, 9.17) is 9.47 Å². The number of para-hydroxylation sites is 1. The predicted octanol–water partition coefficient (Wildman–Crippen LogP) is 3.76. The van der Waals surface area contributed by atoms with Gasteiger partial charge in [0, 0.05) is 32.2 Å². The molecule has 31 heavy (non-hydrogen) atoms. The SMILES string of the molecule is CN=C(NCc1ccccc1OCCN(C)C)NCC(C)COCc1ccccc1.I. The zero-order valence-corrected chi connectivity index (χ0v) is 21.5. The molecule has 7 heteroatoms. The molecule has 0 aliphatic heterocycles. The van der Waals surface area contributed by atoms with Gasteiger partial charge in [-0.15, -0.1) is 24.0 Å². The molecule has 6 nitrogen and oxygen atoms in total. The number of halogens is 1. The van der Waals surface area contributed by atoms with Crippen molar-refractivity contribution in [1.82, 2.24) is 15.5 Å². The van der Waals surface area contributed by atoms with Gasteiger partial charge < -0.3 is 25.0 Å². The minimum absolute atomic E-state index is 0. The van der Waals surface area contributed by atoms with Gasteiger partial charge in [-0.2, -0.15) is 0 Å². The van der Waals surface area contributed by atoms with Crippen molar-refractivity contribution in [3.8, 4) is 5.75 Å². The van der Waals surface area contributed by atoms with Crippen LogP contribution in [-0.2, 0) is 17.9 Å². The highest BCUT2D eigenvalue weighted by molar-refractivity contribution is 14.0. The fourth-order valence-electron chi connectivity index (χ4n) is 2.81. The lowest BCUT2D eigenvalue weighted by Crippen LogP contribution is -2.39. The molecule has 0 aromatic heterocycles. The first-order valence-electron chi connectivity index (χ1n) is 10.5. The van der Waals surface area contributed by atoms with E-state index in [0.717, 1.165) is 30.4 Å². The summed E-state index contributed by atoms with van der Waals surface area (Å²) >= 11 is 0. The second-order valence-electron chi connectivity index (χ2n) is 7.67. The van der Waals surface area contributed by atoms with Crippen LogP contribution in [0.25, 0.3) is 0 Å². The van der Waals surface area contributed by atoms with E-state index in [1.54, 1.807) is 7.05 Å². The lowest BCUT2D eigenvalue weighted by atomic mass is 10.2. The van der Waals surface area contributed by atoms with Gasteiger partial charge in [0.2, 0.25) is 0 Å². The summed E-state index contributed by atoms with van der Waals surface area (Å²) in [7, 11) is 5.87. The molecule has 2 aromatic rings. The number of likely N-dealkylation sites (N-methyl/N-ethyl adjacent to an activating group) is 1. The molecule has 0 bridgehead atoms. The molecule has 2 N–H and O–H groups in total. The molecule has 1 unspecified atom stereocenters. The van der Waals surface area contributed by atoms with E-state index in [1.807, 2.05) is 50.5 Å². The first kappa shape index (κ1) is 27.2. The standard InChI is InChI=1S/C24H36N4O2.HI/c1-20(18-29-19-21-10-6-5-7-11-21)16-26-24(25-2)27-17-22-12-8-9-13-23(22)30-15-14-28(3)4;/h5-13,20H,14-19H2,1-4H3,(H2,25,26,27);1H. The molecule has 0 aliphatic rings. The summed E-state index contributed by atoms with van der Waals surface area (Å²) in [6.45, 7) is 6.49. The smallest absolute Gasteiger partial charge is 0.191 e. The Morgan fingerprint density at radius 1 is 1.03 bits per heavy atom. The van der Waals surface area contributed by atoms with E-state index in [9.17, 15) is 0 Å². The van der Waals surface area contributed by atoms with Gasteiger partial charge >= 0.3 is 0 Å². The first-order valence-corrected chi connectivity index (χ1v) is 10.5. The molecule has 0 amide bonds. The maximum absolute atomic E-state index is 5.93. The van der Waals surface area contributed by atoms with Gasteiger partial charge in [0.15, 0.2) is 5.96 Å². The summed E-state index contributed by atoms with van der Waals surface area (Å²) in [5.74, 6) is 2.05. The highest BCUT2D eigenvalue weighted by Gasteiger charge is 2.07. The normalized spacial score (nSPS) is 12.2. The topological polar surface area (TPSA) is 58.1 Å². The Balaban J connectivity index is 0.00000480. The third kappa shape index (κ3) is 11.4. The second kappa shape index (κ2) is 15.9. The van der Waals surface area contributed by atoms with Crippen LogP contribution in [0.5, 0.6) is 5.75 Å². The average molecular weight is 540 g/mol. The van der Waals surface area contributed by atoms with Gasteiger partial charge in [-0.05, 0) is 31.6 Å². The van der Waals surface area contributed by atoms with Crippen molar-refractivity contribution >= 4 is 29.9 Å². The third-order valence-electron chi connectivity index (χ3n) is 4.57. The maximum atomic E-state index is 5.93. The molecule has 0 radical (unpaired) electrons. The van der Waals surface area contributed by atoms with E-state index >= 15 is 0 Å². The number of ether oxygens (including phenoxy) is 2. The van der Waals surface area contributed by atoms with Crippen molar-refractivity contribution in [3.63, 3.8) is 0 Å². The van der Waals surface area contributed by atoms with Crippen LogP contribution < -0.4 is 15.4 Å². The van der Waals surface area contributed by atoms with E-state index < -0.39 is 0 Å². The van der Waals surface area contributed by atoms with Gasteiger partial charge in [-0.3, -0.25) is 4.99 Å². The van der Waals surface area contributed by atoms with Crippen LogP contribution in [-0.4, -0.2) is 58.3 Å². The molecular formula is C24H37IN4O2. The summed E-state index contributed by atoms with van der Waals surface area (Å²) in [4.78, 5) is 6.43. The second-order valence-corrected chi connectivity index (χ2v) is 7.67. The number of aliphatic imine (C=N–C) groups is 1. The predicted molar refractivity (Wildman–Crippen MR) is 139 cm³/mol. The molecular weight excluding hydrogens is 503 g/mol. The highest BCUT2D eigenvalue weighted by Crippen LogP contribution is 2.17. The Bertz CT molecular complexity index is 756. The fourth-order valence-corrected chi connectivity index (χ4v) is 2.81. The van der Waals surface area contributed by atoms with Gasteiger partial charge in [-0.25, -0.2) is 0 Å². The van der Waals surface area contributed by atoms with E-state index in [1.165, 1.54) is 5.56 Å². The van der Waals surface area contributed by atoms with Gasteiger partial charge in [-0.1, -0.05) is 55.5 Å². The van der Waals surface area contributed by atoms with Crippen LogP contribution in [0.4, 0.5) is 0 Å². The van der Waals surface area contributed by atoms with E-state index in [2.05, 4.69) is 45.6 Å². The molecule has 0 heterocycles. The zero-order valence-electron chi connectivity index (χ0n) is 19.1. The number of guanidine groups is 1. The minimum atomic E-state index is 0. The summed E-state index contributed by atoms with van der Waals surface area (Å²) in [6, 6.07) is 18.4. The highest BCUT2D eigenvalue weighted by atomic mass is 127. The number of nitrogens with one attached hydrogen (secondary N) is 2. The van der Waals surface area contributed by atoms with Crippen LogP contribution in [0.1, 0.15) is 18.1 Å². The molecule has 2 aromatic carbocycles. The fraction of sp³-hybridized carbons (Fsp3) is 0.458. The molecule has 0 fully saturated rings. The van der Waals surface area contributed by atoms with Gasteiger partial charge in [0.1, 0.15) is 12.4 Å². The van der Waals surface area contributed by atoms with Crippen molar-refractivity contribution in [2.45, 2.75) is 20.1 Å². The molecule has 1 atom stereocenters. The van der Waals surface area contributed by atoms with Crippen LogP contribution in [0.15, 0.2) is 59.6 Å². The minimum Gasteiger partial charge on any atom is -0.492 e. The molecule has 0 aliphatic carbocycles. The van der Waals surface area contributed by atoms with E-state index in [0.29, 0.717) is 32.3 Å². The van der Waals surface area contributed by atoms with Crippen LogP contribution >= 0.6 is 24.0 Å². The molecule has 0 saturated carbocycles. The number of rotatable bonds is 12. The summed E-state index contributed by atoms with van der Waals surface area (Å²) < 4.78 is 11.8. The maximum Gasteiger partial charge on any atom is 0.191 e. The zero-order chi connectivity index (χ0) is 21.6. The number of hydrogen-bond donors (Lipinski definition) is 2. The van der Waals surface area contributed by atoms with Crippen LogP contribution in [0.3, 0.4) is 0 Å². The monoisotopic (exact) mass is 540 g/mol. The molecule has 0 spiro atoms. The Morgan fingerprint density at radius 3 is 2.45 bits per heavy atom. The lowest BCUT2D eigenvalue weighted by Gasteiger charge is -2.18. The van der Waals surface area contributed by atoms with Crippen molar-refractivity contribution < 1.29 is 9.47 Å². The number of nitrogens with zero attached hydrogens (tertiary/aromatic N) is 2. The van der Waals surface area contributed by atoms with Gasteiger partial charge in [0.05, 0.1) is 13.2 Å². The Labute approximate surface area is 204 Å². The first-order chi connectivity index (χ1) is 14.6. The third-order valence-corrected chi connectivity index (χ3v) is 4.57. The van der Waals surface area contributed by atoms with Crippen LogP contribution in [0, 0.1) is 5.92 Å². The van der Waals surface area contributed by atoms with Gasteiger partial charge in [0.25, 0.3) is 0 Å². The van der Waals surface area contributed by atoms with Crippen molar-refractivity contribution in [3.05, 3.63) is 65.7 Å². The average Bonchev–Trinajstić information content (AvgIpc) is 2.75. The Hall–Kier alpha value is -1.84. The lowest BCUT2D eigenvalue weighted by molar-refractivity contribution is 0.0931. The summed E-state index contributed by atoms with van der Waals surface area (Å²) in [6.07, 6.45) is 0. The summed E-state index contributed by atoms with van der Waals surface area (Å²) in [5.41, 5.74) is 2.31. The van der Waals surface area contributed by atoms with Crippen LogP contribution in [0.2, 0.25) is 0 Å². The molecule has 0 saturated heterocycles. The number of hydrogen-bond acceptors (Lipinski definition) is 4. The Morgan fingerprint density at radius 2 is 1.74 bits per heavy atom. The van der Waals surface area contributed by atoms with Crippen molar-refractivity contribution in [1.29, 1.82) is 0 Å². The van der Waals surface area contributed by atoms with Crippen molar-refractivity contribution in [2.24, 2.45) is 10.9 Å². The van der Waals surface area contributed by atoms with Crippen molar-refractivity contribution in [2.75, 3.05) is 47.4 Å². The molecule has 172 valence electrons. The summed E-state index contributed by atoms with van der Waals surface area (Å²) in [5, 5.41) is 6.75. The Kier molecular flexibility index (Phi) is 13.9. The number of benzene rings is 2. The molecule has 2 rings (SSSR count). The van der Waals surface area contributed by atoms with E-state index in [-0.39, 0.29) is 24.0 Å².